The lowest BCUT2D eigenvalue weighted by Gasteiger charge is -2.44. The van der Waals surface area contributed by atoms with Gasteiger partial charge in [-0.3, -0.25) is 4.90 Å². The average molecular weight is 816 g/mol. The van der Waals surface area contributed by atoms with Crippen molar-refractivity contribution in [1.82, 2.24) is 4.98 Å². The quantitative estimate of drug-likeness (QED) is 0.141. The summed E-state index contributed by atoms with van der Waals surface area (Å²) < 4.78 is 31.3. The van der Waals surface area contributed by atoms with Gasteiger partial charge in [-0.15, -0.1) is 0 Å². The van der Waals surface area contributed by atoms with E-state index in [2.05, 4.69) is 142 Å². The average Bonchev–Trinajstić information content (AvgIpc) is 3.76. The van der Waals surface area contributed by atoms with Crippen molar-refractivity contribution in [2.45, 2.75) is 0 Å². The zero-order chi connectivity index (χ0) is 44.4. The molecular weight excluding hydrogens is 771 g/mol. The lowest BCUT2D eigenvalue weighted by Crippen LogP contribution is -2.61. The lowest BCUT2D eigenvalue weighted by atomic mass is 9.33. The predicted octanol–water partition coefficient (Wildman–Crippen LogP) is 12.0. The molecule has 0 spiro atoms. The topological polar surface area (TPSA) is 38.3 Å². The summed E-state index contributed by atoms with van der Waals surface area (Å²) in [4.78, 5) is 15.5. The first kappa shape index (κ1) is 33.5. The Balaban J connectivity index is 1.01. The van der Waals surface area contributed by atoms with Gasteiger partial charge in [0.15, 0.2) is 0 Å². The van der Waals surface area contributed by atoms with Crippen LogP contribution in [0, 0.1) is 0 Å². The molecule has 0 fully saturated rings. The first-order valence-corrected chi connectivity index (χ1v) is 21.2. The number of ether oxygens (including phenoxy) is 1. The second kappa shape index (κ2) is 15.0. The molecule has 0 unspecified atom stereocenters. The van der Waals surface area contributed by atoms with Gasteiger partial charge < -0.3 is 24.3 Å². The number of hydrogen-bond acceptors (Lipinski definition) is 7. The second-order valence-corrected chi connectivity index (χ2v) is 15.9. The van der Waals surface area contributed by atoms with Crippen molar-refractivity contribution in [1.29, 1.82) is 0 Å². The highest BCUT2D eigenvalue weighted by Crippen LogP contribution is 2.48. The van der Waals surface area contributed by atoms with Gasteiger partial charge in [-0.25, -0.2) is 4.98 Å². The third-order valence-electron chi connectivity index (χ3n) is 12.2. The van der Waals surface area contributed by atoms with E-state index in [1.165, 1.54) is 21.3 Å². The van der Waals surface area contributed by atoms with E-state index in [-0.39, 0.29) is 13.4 Å². The minimum absolute atomic E-state index is 0.0160. The number of pyridine rings is 1. The molecule has 63 heavy (non-hydrogen) atoms. The first-order valence-electron chi connectivity index (χ1n) is 22.7. The minimum atomic E-state index is -2.29. The SMILES string of the molecule is [2H]C([2H])([2H])N1CN(c2cccc(Oc3cccc(N(c4cc5c6c(c4)N(c4ccccc4)c4ccccc4B6c4ccccc4N5c4ccccc4)c4ccccn4)c3)c2)c2ccccc21. The molecule has 12 rings (SSSR count). The van der Waals surface area contributed by atoms with Crippen LogP contribution in [0.15, 0.2) is 219 Å². The van der Waals surface area contributed by atoms with Crippen molar-refractivity contribution in [2.24, 2.45) is 0 Å². The Morgan fingerprint density at radius 2 is 1.05 bits per heavy atom. The summed E-state index contributed by atoms with van der Waals surface area (Å²) in [5, 5.41) is 0. The molecule has 0 radical (unpaired) electrons. The molecular formula is C55H41BN6O. The number of aromatic nitrogens is 1. The molecule has 4 heterocycles. The highest BCUT2D eigenvalue weighted by atomic mass is 16.5. The molecule has 300 valence electrons. The fourth-order valence-electron chi connectivity index (χ4n) is 9.59. The fourth-order valence-corrected chi connectivity index (χ4v) is 9.59. The second-order valence-electron chi connectivity index (χ2n) is 15.9. The summed E-state index contributed by atoms with van der Waals surface area (Å²) >= 11 is 0. The third-order valence-corrected chi connectivity index (χ3v) is 12.2. The Hall–Kier alpha value is -8.23. The molecule has 7 nitrogen and oxygen atoms in total. The molecule has 3 aliphatic rings. The number of anilines is 12. The first-order chi connectivity index (χ1) is 32.4. The molecule has 0 saturated carbocycles. The highest BCUT2D eigenvalue weighted by Gasteiger charge is 2.43. The van der Waals surface area contributed by atoms with E-state index in [4.69, 9.17) is 13.8 Å². The van der Waals surface area contributed by atoms with Crippen molar-refractivity contribution in [3.05, 3.63) is 219 Å². The van der Waals surface area contributed by atoms with E-state index in [0.29, 0.717) is 17.2 Å². The van der Waals surface area contributed by atoms with Crippen LogP contribution in [-0.4, -0.2) is 25.3 Å². The molecule has 3 aliphatic heterocycles. The van der Waals surface area contributed by atoms with Crippen LogP contribution in [0.3, 0.4) is 0 Å². The molecule has 8 aromatic carbocycles. The zero-order valence-corrected chi connectivity index (χ0v) is 34.2. The number of nitrogens with zero attached hydrogens (tertiary/aromatic N) is 6. The van der Waals surface area contributed by atoms with E-state index < -0.39 is 6.98 Å². The maximum absolute atomic E-state index is 8.21. The molecule has 0 aliphatic carbocycles. The van der Waals surface area contributed by atoms with Crippen LogP contribution in [0.4, 0.5) is 68.4 Å². The smallest absolute Gasteiger partial charge is 0.252 e. The van der Waals surface area contributed by atoms with E-state index >= 15 is 0 Å². The van der Waals surface area contributed by atoms with Crippen LogP contribution in [-0.2, 0) is 0 Å². The van der Waals surface area contributed by atoms with Gasteiger partial charge in [-0.2, -0.15) is 0 Å². The van der Waals surface area contributed by atoms with Gasteiger partial charge in [0, 0.05) is 69.2 Å². The molecule has 9 aromatic rings. The Morgan fingerprint density at radius 1 is 0.492 bits per heavy atom. The number of hydrogen-bond donors (Lipinski definition) is 0. The molecule has 0 atom stereocenters. The molecule has 0 saturated heterocycles. The van der Waals surface area contributed by atoms with E-state index in [0.717, 1.165) is 62.7 Å². The highest BCUT2D eigenvalue weighted by molar-refractivity contribution is 7.00. The van der Waals surface area contributed by atoms with Crippen molar-refractivity contribution in [3.63, 3.8) is 0 Å². The largest absolute Gasteiger partial charge is 0.457 e. The monoisotopic (exact) mass is 815 g/mol. The Morgan fingerprint density at radius 3 is 1.68 bits per heavy atom. The zero-order valence-electron chi connectivity index (χ0n) is 37.2. The third kappa shape index (κ3) is 6.18. The standard InChI is InChI=1S/C55H41BN6O/c1-58-38-59(51-31-13-12-30-50(51)58)41-22-16-24-44(34-41)63-45-25-17-23-42(35-45)60(54-32-14-15-33-57-54)43-36-52-55-53(37-43)62(40-20-6-3-7-21-40)49-29-11-9-27-47(49)56(55)46-26-8-10-28-48(46)61(52)39-18-4-2-5-19-39/h2-37H,38H2,1H3/i1D3. The summed E-state index contributed by atoms with van der Waals surface area (Å²) in [6.45, 7) is -2.11. The van der Waals surface area contributed by atoms with Gasteiger partial charge in [-0.1, -0.05) is 103 Å². The van der Waals surface area contributed by atoms with Crippen molar-refractivity contribution >= 4 is 91.5 Å². The predicted molar refractivity (Wildman–Crippen MR) is 261 cm³/mol. The molecule has 0 N–H and O–H groups in total. The summed E-state index contributed by atoms with van der Waals surface area (Å²) in [5.41, 5.74) is 14.4. The van der Waals surface area contributed by atoms with Gasteiger partial charge >= 0.3 is 0 Å². The molecule has 1 aromatic heterocycles. The van der Waals surface area contributed by atoms with Gasteiger partial charge in [0.1, 0.15) is 17.3 Å². The summed E-state index contributed by atoms with van der Waals surface area (Å²) in [7, 11) is 0. The Kier molecular flexibility index (Phi) is 8.00. The fraction of sp³-hybridized carbons (Fsp3) is 0.0364. The lowest BCUT2D eigenvalue weighted by molar-refractivity contribution is 0.483. The van der Waals surface area contributed by atoms with Crippen LogP contribution < -0.4 is 45.6 Å². The number of fused-ring (bicyclic) bond motifs is 5. The van der Waals surface area contributed by atoms with Crippen LogP contribution in [0.2, 0.25) is 0 Å². The molecule has 0 bridgehead atoms. The normalized spacial score (nSPS) is 14.2. The van der Waals surface area contributed by atoms with Crippen LogP contribution in [0.1, 0.15) is 4.11 Å². The molecule has 0 amide bonds. The van der Waals surface area contributed by atoms with Gasteiger partial charge in [0.2, 0.25) is 0 Å². The maximum atomic E-state index is 8.21. The summed E-state index contributed by atoms with van der Waals surface area (Å²) in [5.74, 6) is 2.00. The minimum Gasteiger partial charge on any atom is -0.457 e. The van der Waals surface area contributed by atoms with Gasteiger partial charge in [-0.05, 0) is 113 Å². The Bertz CT molecular complexity index is 3150. The van der Waals surface area contributed by atoms with Crippen LogP contribution in [0.25, 0.3) is 0 Å². The van der Waals surface area contributed by atoms with E-state index in [9.17, 15) is 0 Å². The maximum Gasteiger partial charge on any atom is 0.252 e. The van der Waals surface area contributed by atoms with E-state index in [1.807, 2.05) is 96.0 Å². The Labute approximate surface area is 372 Å². The number of para-hydroxylation sites is 6. The van der Waals surface area contributed by atoms with Crippen molar-refractivity contribution in [2.75, 3.05) is 38.1 Å². The number of benzene rings is 8. The molecule has 8 heteroatoms. The van der Waals surface area contributed by atoms with Gasteiger partial charge in [0.05, 0.1) is 29.4 Å². The van der Waals surface area contributed by atoms with Crippen molar-refractivity contribution < 1.29 is 8.85 Å². The van der Waals surface area contributed by atoms with Crippen LogP contribution >= 0.6 is 0 Å². The summed E-state index contributed by atoms with van der Waals surface area (Å²) in [6, 6.07) is 73.0. The summed E-state index contributed by atoms with van der Waals surface area (Å²) in [6.07, 6.45) is 1.83. The number of rotatable bonds is 8. The van der Waals surface area contributed by atoms with E-state index in [1.54, 1.807) is 0 Å². The van der Waals surface area contributed by atoms with Gasteiger partial charge in [0.25, 0.3) is 6.71 Å². The van der Waals surface area contributed by atoms with Crippen molar-refractivity contribution in [3.8, 4) is 11.5 Å². The van der Waals surface area contributed by atoms with Crippen LogP contribution in [0.5, 0.6) is 11.5 Å².